The standard InChI is InChI=1S/C18H3F10.Sb/c19-9-7(10(20)14(24)17(27)13(9)23)5-3-1-2-4-6(5)8-11(21)15(25)18(28)16(26)12(8)22;/h1-3H;. The van der Waals surface area contributed by atoms with Crippen molar-refractivity contribution in [2.24, 2.45) is 0 Å². The van der Waals surface area contributed by atoms with E-state index in [1.165, 1.54) is 0 Å². The molecule has 0 aromatic heterocycles. The summed E-state index contributed by atoms with van der Waals surface area (Å²) in [5.74, 6) is -23.6. The van der Waals surface area contributed by atoms with E-state index in [-0.39, 0.29) is 3.51 Å². The van der Waals surface area contributed by atoms with Crippen LogP contribution in [0.5, 0.6) is 0 Å². The Morgan fingerprint density at radius 3 is 1.17 bits per heavy atom. The van der Waals surface area contributed by atoms with Gasteiger partial charge in [-0.15, -0.1) is 0 Å². The fourth-order valence-electron chi connectivity index (χ4n) is 2.68. The summed E-state index contributed by atoms with van der Waals surface area (Å²) in [4.78, 5) is 0. The summed E-state index contributed by atoms with van der Waals surface area (Å²) < 4.78 is 138. The zero-order valence-corrected chi connectivity index (χ0v) is 16.0. The van der Waals surface area contributed by atoms with Crippen molar-refractivity contribution in [3.05, 3.63) is 76.4 Å². The van der Waals surface area contributed by atoms with E-state index >= 15 is 0 Å². The Morgan fingerprint density at radius 2 is 0.759 bits per heavy atom. The minimum absolute atomic E-state index is 0.205. The molecule has 0 amide bonds. The Hall–Kier alpha value is -2.22. The Kier molecular flexibility index (Phi) is 5.60. The van der Waals surface area contributed by atoms with Gasteiger partial charge in [-0.3, -0.25) is 0 Å². The summed E-state index contributed by atoms with van der Waals surface area (Å²) >= 11 is 0.645. The van der Waals surface area contributed by atoms with Crippen LogP contribution in [0.15, 0.2) is 18.2 Å². The van der Waals surface area contributed by atoms with Crippen LogP contribution in [-0.4, -0.2) is 23.0 Å². The maximum atomic E-state index is 14.3. The molecule has 0 atom stereocenters. The molecule has 0 saturated heterocycles. The Bertz CT molecular complexity index is 1110. The van der Waals surface area contributed by atoms with E-state index in [2.05, 4.69) is 0 Å². The number of benzene rings is 3. The van der Waals surface area contributed by atoms with Gasteiger partial charge in [0.25, 0.3) is 0 Å². The van der Waals surface area contributed by atoms with Gasteiger partial charge in [0.05, 0.1) is 0 Å². The van der Waals surface area contributed by atoms with Crippen LogP contribution in [0.2, 0.25) is 0 Å². The summed E-state index contributed by atoms with van der Waals surface area (Å²) in [6.45, 7) is 0. The predicted octanol–water partition coefficient (Wildman–Crippen LogP) is 5.21. The van der Waals surface area contributed by atoms with Gasteiger partial charge in [-0.2, -0.15) is 0 Å². The third kappa shape index (κ3) is 3.17. The number of hydrogen-bond acceptors (Lipinski definition) is 0. The monoisotopic (exact) mass is 530 g/mol. The third-order valence-corrected chi connectivity index (χ3v) is 5.05. The van der Waals surface area contributed by atoms with Crippen molar-refractivity contribution in [1.82, 2.24) is 0 Å². The number of rotatable bonds is 2. The molecule has 0 spiro atoms. The Labute approximate surface area is 169 Å². The SMILES string of the molecule is Fc1c(F)c(F)c(-c2ccc[c]([Sb])c2-c2c(F)c(F)c(F)c(F)c2F)c(F)c1F. The molecular weight excluding hydrogens is 528 g/mol. The van der Waals surface area contributed by atoms with Gasteiger partial charge in [0.2, 0.25) is 0 Å². The first kappa shape index (κ1) is 21.5. The second kappa shape index (κ2) is 7.55. The van der Waals surface area contributed by atoms with Gasteiger partial charge in [-0.1, -0.05) is 0 Å². The molecule has 3 rings (SSSR count). The molecule has 0 heterocycles. The van der Waals surface area contributed by atoms with Crippen LogP contribution < -0.4 is 3.51 Å². The fraction of sp³-hybridized carbons (Fsp3) is 0. The second-order valence-corrected chi connectivity index (χ2v) is 6.96. The summed E-state index contributed by atoms with van der Waals surface area (Å²) in [5, 5.41) is 0. The normalized spacial score (nSPS) is 11.3. The zero-order valence-electron chi connectivity index (χ0n) is 13.5. The van der Waals surface area contributed by atoms with Crippen LogP contribution >= 0.6 is 0 Å². The average molecular weight is 531 g/mol. The molecule has 0 unspecified atom stereocenters. The van der Waals surface area contributed by atoms with E-state index in [0.717, 1.165) is 18.2 Å². The second-order valence-electron chi connectivity index (χ2n) is 5.59. The van der Waals surface area contributed by atoms with Crippen LogP contribution in [0.25, 0.3) is 22.3 Å². The number of halogens is 10. The molecule has 0 aliphatic rings. The summed E-state index contributed by atoms with van der Waals surface area (Å²) in [6, 6.07) is 2.89. The van der Waals surface area contributed by atoms with E-state index in [4.69, 9.17) is 0 Å². The van der Waals surface area contributed by atoms with E-state index in [1.807, 2.05) is 0 Å². The molecule has 29 heavy (non-hydrogen) atoms. The van der Waals surface area contributed by atoms with Gasteiger partial charge >= 0.3 is 169 Å². The Balaban J connectivity index is 2.52. The summed E-state index contributed by atoms with van der Waals surface area (Å²) in [6.07, 6.45) is 0. The molecule has 0 N–H and O–H groups in total. The molecule has 0 fully saturated rings. The quantitative estimate of drug-likeness (QED) is 0.185. The summed E-state index contributed by atoms with van der Waals surface area (Å²) in [5.41, 5.74) is -4.98. The first-order valence-electron chi connectivity index (χ1n) is 7.36. The van der Waals surface area contributed by atoms with Crippen LogP contribution in [0.4, 0.5) is 43.9 Å². The molecule has 0 bridgehead atoms. The van der Waals surface area contributed by atoms with E-state index in [0.29, 0.717) is 23.0 Å². The molecule has 150 valence electrons. The van der Waals surface area contributed by atoms with Crippen molar-refractivity contribution in [1.29, 1.82) is 0 Å². The van der Waals surface area contributed by atoms with Gasteiger partial charge in [-0.25, -0.2) is 0 Å². The van der Waals surface area contributed by atoms with Crippen LogP contribution in [0, 0.1) is 58.2 Å². The molecule has 3 aromatic carbocycles. The molecule has 0 saturated carbocycles. The van der Waals surface area contributed by atoms with Gasteiger partial charge < -0.3 is 0 Å². The summed E-state index contributed by atoms with van der Waals surface area (Å²) in [7, 11) is 0. The molecule has 0 aliphatic carbocycles. The first-order valence-corrected chi connectivity index (χ1v) is 8.63. The topological polar surface area (TPSA) is 0 Å². The first-order chi connectivity index (χ1) is 13.5. The van der Waals surface area contributed by atoms with Crippen LogP contribution in [0.1, 0.15) is 0 Å². The molecule has 3 aromatic rings. The van der Waals surface area contributed by atoms with Crippen molar-refractivity contribution in [2.45, 2.75) is 0 Å². The van der Waals surface area contributed by atoms with E-state index in [9.17, 15) is 43.9 Å². The van der Waals surface area contributed by atoms with Crippen molar-refractivity contribution >= 4 is 26.5 Å². The average Bonchev–Trinajstić information content (AvgIpc) is 2.69. The minimum atomic E-state index is -2.47. The van der Waals surface area contributed by atoms with Crippen molar-refractivity contribution in [2.75, 3.05) is 0 Å². The molecule has 0 nitrogen and oxygen atoms in total. The third-order valence-electron chi connectivity index (χ3n) is 3.98. The van der Waals surface area contributed by atoms with E-state index < -0.39 is 80.4 Å². The van der Waals surface area contributed by atoms with Gasteiger partial charge in [0.1, 0.15) is 0 Å². The number of hydrogen-bond donors (Lipinski definition) is 0. The van der Waals surface area contributed by atoms with E-state index in [1.54, 1.807) is 0 Å². The van der Waals surface area contributed by atoms with Crippen molar-refractivity contribution < 1.29 is 43.9 Å². The van der Waals surface area contributed by atoms with Gasteiger partial charge in [0.15, 0.2) is 0 Å². The zero-order chi connectivity index (χ0) is 21.8. The van der Waals surface area contributed by atoms with Crippen molar-refractivity contribution in [3.63, 3.8) is 0 Å². The fourth-order valence-corrected chi connectivity index (χ4v) is 3.59. The molecule has 0 aliphatic heterocycles. The van der Waals surface area contributed by atoms with Crippen LogP contribution in [-0.2, 0) is 0 Å². The maximum absolute atomic E-state index is 14.3. The van der Waals surface area contributed by atoms with Gasteiger partial charge in [0, 0.05) is 0 Å². The van der Waals surface area contributed by atoms with Gasteiger partial charge in [-0.05, 0) is 0 Å². The molecule has 2 radical (unpaired) electrons. The molecular formula is C18H3F10Sb. The van der Waals surface area contributed by atoms with Crippen LogP contribution in [0.3, 0.4) is 0 Å². The van der Waals surface area contributed by atoms with Crippen molar-refractivity contribution in [3.8, 4) is 22.3 Å². The predicted molar refractivity (Wildman–Crippen MR) is 82.3 cm³/mol. The molecule has 11 heteroatoms. The Morgan fingerprint density at radius 1 is 0.414 bits per heavy atom.